The quantitative estimate of drug-likeness (QED) is 0.466. The van der Waals surface area contributed by atoms with Gasteiger partial charge in [0.2, 0.25) is 0 Å². The number of hydrogen-bond acceptors (Lipinski definition) is 5. The van der Waals surface area contributed by atoms with Crippen molar-refractivity contribution in [2.24, 2.45) is 10.9 Å². The molecule has 29 heavy (non-hydrogen) atoms. The van der Waals surface area contributed by atoms with Crippen molar-refractivity contribution in [1.82, 2.24) is 25.4 Å². The highest BCUT2D eigenvalue weighted by Gasteiger charge is 2.15. The maximum atomic E-state index is 5.47. The van der Waals surface area contributed by atoms with E-state index in [1.54, 1.807) is 13.4 Å². The maximum absolute atomic E-state index is 5.47. The molecule has 1 aromatic heterocycles. The van der Waals surface area contributed by atoms with E-state index in [1.165, 1.54) is 5.56 Å². The largest absolute Gasteiger partial charge is 0.497 e. The zero-order valence-corrected chi connectivity index (χ0v) is 17.4. The number of nitrogens with zero attached hydrogens (tertiary/aromatic N) is 4. The molecule has 1 fully saturated rings. The Bertz CT molecular complexity index is 753. The Morgan fingerprint density at radius 1 is 1.28 bits per heavy atom. The summed E-state index contributed by atoms with van der Waals surface area (Å²) in [5.74, 6) is 3.24. The molecule has 1 unspecified atom stereocenters. The first-order valence-corrected chi connectivity index (χ1v) is 10.4. The van der Waals surface area contributed by atoms with Gasteiger partial charge in [-0.25, -0.2) is 0 Å². The summed E-state index contributed by atoms with van der Waals surface area (Å²) in [4.78, 5) is 4.78. The SMILES string of the molecule is CCc1nncn1CCNC(=NCC1CCOC1)NCCc1ccc(OC)cc1. The molecule has 1 atom stereocenters. The highest BCUT2D eigenvalue weighted by molar-refractivity contribution is 5.79. The average Bonchev–Trinajstić information content (AvgIpc) is 3.44. The lowest BCUT2D eigenvalue weighted by Crippen LogP contribution is -2.40. The van der Waals surface area contributed by atoms with Crippen molar-refractivity contribution in [3.63, 3.8) is 0 Å². The Labute approximate surface area is 172 Å². The van der Waals surface area contributed by atoms with Crippen LogP contribution in [-0.2, 0) is 24.1 Å². The van der Waals surface area contributed by atoms with Crippen molar-refractivity contribution in [2.45, 2.75) is 32.7 Å². The van der Waals surface area contributed by atoms with Crippen LogP contribution in [0.1, 0.15) is 24.7 Å². The molecule has 2 N–H and O–H groups in total. The van der Waals surface area contributed by atoms with Crippen molar-refractivity contribution in [3.05, 3.63) is 42.0 Å². The molecule has 1 aromatic carbocycles. The Balaban J connectivity index is 1.49. The van der Waals surface area contributed by atoms with Gasteiger partial charge in [0.1, 0.15) is 17.9 Å². The van der Waals surface area contributed by atoms with Gasteiger partial charge in [0.25, 0.3) is 0 Å². The lowest BCUT2D eigenvalue weighted by molar-refractivity contribution is 0.187. The minimum atomic E-state index is 0.514. The standard InChI is InChI=1S/C21H32N6O2/c1-3-20-26-25-16-27(20)12-11-23-21(24-14-18-9-13-29-15-18)22-10-8-17-4-6-19(28-2)7-5-17/h4-7,16,18H,3,8-15H2,1-2H3,(H2,22,23,24). The molecular weight excluding hydrogens is 368 g/mol. The van der Waals surface area contributed by atoms with Gasteiger partial charge in [-0.3, -0.25) is 4.99 Å². The molecule has 8 heteroatoms. The molecule has 0 bridgehead atoms. The number of benzene rings is 1. The van der Waals surface area contributed by atoms with Crippen LogP contribution in [0.15, 0.2) is 35.6 Å². The third-order valence-corrected chi connectivity index (χ3v) is 5.05. The molecule has 8 nitrogen and oxygen atoms in total. The fourth-order valence-corrected chi connectivity index (χ4v) is 3.27. The molecule has 0 aliphatic carbocycles. The number of aryl methyl sites for hydroxylation is 1. The van der Waals surface area contributed by atoms with E-state index < -0.39 is 0 Å². The van der Waals surface area contributed by atoms with Crippen LogP contribution < -0.4 is 15.4 Å². The molecule has 2 aromatic rings. The van der Waals surface area contributed by atoms with E-state index in [9.17, 15) is 0 Å². The van der Waals surface area contributed by atoms with Gasteiger partial charge in [-0.1, -0.05) is 19.1 Å². The van der Waals surface area contributed by atoms with Crippen LogP contribution in [0.25, 0.3) is 0 Å². The molecule has 1 aliphatic rings. The predicted molar refractivity (Wildman–Crippen MR) is 113 cm³/mol. The van der Waals surface area contributed by atoms with E-state index in [2.05, 4.69) is 44.5 Å². The number of methoxy groups -OCH3 is 1. The zero-order chi connectivity index (χ0) is 20.3. The van der Waals surface area contributed by atoms with Gasteiger partial charge in [0.15, 0.2) is 5.96 Å². The van der Waals surface area contributed by atoms with Gasteiger partial charge in [-0.15, -0.1) is 10.2 Å². The van der Waals surface area contributed by atoms with Crippen molar-refractivity contribution in [3.8, 4) is 5.75 Å². The first-order chi connectivity index (χ1) is 14.3. The van der Waals surface area contributed by atoms with Gasteiger partial charge in [-0.05, 0) is 30.5 Å². The average molecular weight is 401 g/mol. The summed E-state index contributed by atoms with van der Waals surface area (Å²) in [5.41, 5.74) is 1.26. The van der Waals surface area contributed by atoms with E-state index >= 15 is 0 Å². The Hall–Kier alpha value is -2.61. The number of aromatic nitrogens is 3. The van der Waals surface area contributed by atoms with Gasteiger partial charge in [0.05, 0.1) is 13.7 Å². The van der Waals surface area contributed by atoms with Gasteiger partial charge in [0, 0.05) is 45.1 Å². The second kappa shape index (κ2) is 11.4. The number of guanidine groups is 1. The summed E-state index contributed by atoms with van der Waals surface area (Å²) in [6, 6.07) is 8.18. The first kappa shape index (κ1) is 21.1. The summed E-state index contributed by atoms with van der Waals surface area (Å²) in [7, 11) is 1.68. The van der Waals surface area contributed by atoms with Crippen LogP contribution in [-0.4, -0.2) is 60.7 Å². The van der Waals surface area contributed by atoms with Gasteiger partial charge in [-0.2, -0.15) is 0 Å². The number of ether oxygens (including phenoxy) is 2. The highest BCUT2D eigenvalue weighted by Crippen LogP contribution is 2.12. The monoisotopic (exact) mass is 400 g/mol. The number of nitrogens with one attached hydrogen (secondary N) is 2. The topological polar surface area (TPSA) is 85.6 Å². The number of rotatable bonds is 10. The first-order valence-electron chi connectivity index (χ1n) is 10.4. The lowest BCUT2D eigenvalue weighted by atomic mass is 10.1. The molecule has 0 radical (unpaired) electrons. The minimum absolute atomic E-state index is 0.514. The molecule has 0 spiro atoms. The summed E-state index contributed by atoms with van der Waals surface area (Å²) >= 11 is 0. The summed E-state index contributed by atoms with van der Waals surface area (Å²) in [5, 5.41) is 15.0. The molecular formula is C21H32N6O2. The van der Waals surface area contributed by atoms with Crippen molar-refractivity contribution < 1.29 is 9.47 Å². The smallest absolute Gasteiger partial charge is 0.191 e. The van der Waals surface area contributed by atoms with Crippen molar-refractivity contribution >= 4 is 5.96 Å². The summed E-state index contributed by atoms with van der Waals surface area (Å²) in [6.07, 6.45) is 4.67. The predicted octanol–water partition coefficient (Wildman–Crippen LogP) is 1.66. The second-order valence-electron chi connectivity index (χ2n) is 7.16. The van der Waals surface area contributed by atoms with Crippen molar-refractivity contribution in [2.75, 3.05) is 40.0 Å². The molecule has 158 valence electrons. The Morgan fingerprint density at radius 3 is 2.83 bits per heavy atom. The Morgan fingerprint density at radius 2 is 2.10 bits per heavy atom. The van der Waals surface area contributed by atoms with Crippen LogP contribution in [0.3, 0.4) is 0 Å². The normalized spacial score (nSPS) is 16.8. The Kier molecular flexibility index (Phi) is 8.30. The molecule has 0 amide bonds. The zero-order valence-electron chi connectivity index (χ0n) is 17.4. The highest BCUT2D eigenvalue weighted by atomic mass is 16.5. The van der Waals surface area contributed by atoms with Crippen molar-refractivity contribution in [1.29, 1.82) is 0 Å². The lowest BCUT2D eigenvalue weighted by Gasteiger charge is -2.14. The third kappa shape index (κ3) is 6.74. The van der Waals surface area contributed by atoms with Gasteiger partial charge < -0.3 is 24.7 Å². The molecule has 0 saturated carbocycles. The minimum Gasteiger partial charge on any atom is -0.497 e. The molecule has 3 rings (SSSR count). The van der Waals surface area contributed by atoms with E-state index in [0.29, 0.717) is 5.92 Å². The van der Waals surface area contributed by atoms with E-state index in [-0.39, 0.29) is 0 Å². The number of aliphatic imine (C=N–C) groups is 1. The van der Waals surface area contributed by atoms with E-state index in [0.717, 1.165) is 76.2 Å². The van der Waals surface area contributed by atoms with Crippen LogP contribution in [0.4, 0.5) is 0 Å². The molecule has 1 saturated heterocycles. The molecule has 2 heterocycles. The summed E-state index contributed by atoms with van der Waals surface area (Å²) in [6.45, 7) is 6.91. The van der Waals surface area contributed by atoms with E-state index in [4.69, 9.17) is 14.5 Å². The third-order valence-electron chi connectivity index (χ3n) is 5.05. The fraction of sp³-hybridized carbons (Fsp3) is 0.571. The van der Waals surface area contributed by atoms with Crippen LogP contribution >= 0.6 is 0 Å². The van der Waals surface area contributed by atoms with E-state index in [1.807, 2.05) is 12.1 Å². The van der Waals surface area contributed by atoms with Crippen LogP contribution in [0, 0.1) is 5.92 Å². The molecule has 1 aliphatic heterocycles. The van der Waals surface area contributed by atoms with Gasteiger partial charge >= 0.3 is 0 Å². The fourth-order valence-electron chi connectivity index (χ4n) is 3.27. The second-order valence-corrected chi connectivity index (χ2v) is 7.16. The summed E-state index contributed by atoms with van der Waals surface area (Å²) < 4.78 is 12.8. The number of hydrogen-bond donors (Lipinski definition) is 2. The van der Waals surface area contributed by atoms with Crippen LogP contribution in [0.5, 0.6) is 5.75 Å². The van der Waals surface area contributed by atoms with Crippen LogP contribution in [0.2, 0.25) is 0 Å². The maximum Gasteiger partial charge on any atom is 0.191 e.